The van der Waals surface area contributed by atoms with Gasteiger partial charge >= 0.3 is 6.09 Å². The van der Waals surface area contributed by atoms with Crippen molar-refractivity contribution in [1.82, 2.24) is 14.9 Å². The largest absolute Gasteiger partial charge is 0.465 e. The fourth-order valence-electron chi connectivity index (χ4n) is 3.12. The first-order valence-electron chi connectivity index (χ1n) is 9.62. The summed E-state index contributed by atoms with van der Waals surface area (Å²) in [5.41, 5.74) is 7.69. The number of benzene rings is 1. The minimum Gasteiger partial charge on any atom is -0.465 e. The zero-order chi connectivity index (χ0) is 22.5. The van der Waals surface area contributed by atoms with E-state index in [-0.39, 0.29) is 5.56 Å². The first-order chi connectivity index (χ1) is 14.0. The fourth-order valence-corrected chi connectivity index (χ4v) is 3.54. The van der Waals surface area contributed by atoms with Crippen molar-refractivity contribution >= 4 is 35.3 Å². The van der Waals surface area contributed by atoms with Crippen molar-refractivity contribution in [2.24, 2.45) is 5.73 Å². The Bertz CT molecular complexity index is 927. The topological polar surface area (TPSA) is 121 Å². The predicted octanol–water partition coefficient (Wildman–Crippen LogP) is 4.06. The van der Waals surface area contributed by atoms with Crippen LogP contribution in [0.25, 0.3) is 0 Å². The van der Waals surface area contributed by atoms with Crippen LogP contribution >= 0.6 is 11.8 Å². The van der Waals surface area contributed by atoms with Crippen LogP contribution in [-0.4, -0.2) is 50.3 Å². The van der Waals surface area contributed by atoms with E-state index in [4.69, 9.17) is 5.73 Å². The van der Waals surface area contributed by atoms with Crippen molar-refractivity contribution in [2.45, 2.75) is 51.2 Å². The average Bonchev–Trinajstić information content (AvgIpc) is 2.63. The van der Waals surface area contributed by atoms with E-state index in [9.17, 15) is 14.7 Å². The van der Waals surface area contributed by atoms with E-state index in [0.29, 0.717) is 29.6 Å². The Morgan fingerprint density at radius 1 is 1.27 bits per heavy atom. The molecule has 2 rings (SSSR count). The normalized spacial score (nSPS) is 11.2. The Labute approximate surface area is 181 Å². The quantitative estimate of drug-likeness (QED) is 0.425. The summed E-state index contributed by atoms with van der Waals surface area (Å²) in [4.78, 5) is 33.5. The van der Waals surface area contributed by atoms with Gasteiger partial charge in [-0.2, -0.15) is 0 Å². The highest BCUT2D eigenvalue weighted by Gasteiger charge is 2.25. The number of aryl methyl sites for hydroxylation is 2. The number of carboxylic acid groups (broad SMARTS) is 1. The fraction of sp³-hybridized carbons (Fsp3) is 0.429. The Balaban J connectivity index is 2.16. The molecular weight excluding hydrogens is 402 g/mol. The smallest absolute Gasteiger partial charge is 0.407 e. The molecule has 0 aliphatic rings. The third kappa shape index (κ3) is 6.09. The highest BCUT2D eigenvalue weighted by Crippen LogP contribution is 2.24. The van der Waals surface area contributed by atoms with Crippen LogP contribution in [0.4, 0.5) is 16.3 Å². The van der Waals surface area contributed by atoms with Crippen molar-refractivity contribution < 1.29 is 14.7 Å². The van der Waals surface area contributed by atoms with Gasteiger partial charge in [0.25, 0.3) is 5.91 Å². The molecule has 0 unspecified atom stereocenters. The standard InChI is InChI=1S/C21H29N5O3S/c1-13-16(17(22)27)18(25-19(23-13)30-5)24-15-10-6-8-14(12-15)9-7-11-26(20(28)29)21(2,3)4/h6,8,10,12H,7,9,11H2,1-5H3,(H2,22,27)(H,28,29)(H,23,24,25). The number of primary amides is 1. The highest BCUT2D eigenvalue weighted by atomic mass is 32.2. The highest BCUT2D eigenvalue weighted by molar-refractivity contribution is 7.98. The van der Waals surface area contributed by atoms with Crippen molar-refractivity contribution in [2.75, 3.05) is 18.1 Å². The summed E-state index contributed by atoms with van der Waals surface area (Å²) in [7, 11) is 0. The maximum absolute atomic E-state index is 11.9. The van der Waals surface area contributed by atoms with Crippen LogP contribution in [0.5, 0.6) is 0 Å². The molecule has 0 saturated heterocycles. The van der Waals surface area contributed by atoms with E-state index in [1.807, 2.05) is 51.3 Å². The summed E-state index contributed by atoms with van der Waals surface area (Å²) in [6, 6.07) is 7.73. The van der Waals surface area contributed by atoms with Gasteiger partial charge in [0.1, 0.15) is 11.4 Å². The summed E-state index contributed by atoms with van der Waals surface area (Å²) in [5.74, 6) is -0.212. The molecule has 0 aliphatic heterocycles. The minimum atomic E-state index is -0.916. The third-order valence-corrected chi connectivity index (χ3v) is 5.12. The van der Waals surface area contributed by atoms with Gasteiger partial charge in [-0.15, -0.1) is 0 Å². The van der Waals surface area contributed by atoms with E-state index >= 15 is 0 Å². The predicted molar refractivity (Wildman–Crippen MR) is 120 cm³/mol. The Hall–Kier alpha value is -2.81. The van der Waals surface area contributed by atoms with Crippen molar-refractivity contribution in [3.63, 3.8) is 0 Å². The van der Waals surface area contributed by atoms with Gasteiger partial charge < -0.3 is 21.1 Å². The van der Waals surface area contributed by atoms with E-state index in [0.717, 1.165) is 17.7 Å². The van der Waals surface area contributed by atoms with E-state index < -0.39 is 17.5 Å². The van der Waals surface area contributed by atoms with Crippen LogP contribution < -0.4 is 11.1 Å². The molecule has 2 aromatic rings. The number of amides is 2. The van der Waals surface area contributed by atoms with E-state index in [1.165, 1.54) is 16.7 Å². The number of carbonyl (C=O) groups is 2. The van der Waals surface area contributed by atoms with Crippen LogP contribution in [0.15, 0.2) is 29.4 Å². The van der Waals surface area contributed by atoms with Gasteiger partial charge in [-0.3, -0.25) is 4.79 Å². The molecule has 30 heavy (non-hydrogen) atoms. The van der Waals surface area contributed by atoms with Gasteiger partial charge in [0.05, 0.1) is 5.69 Å². The van der Waals surface area contributed by atoms with Crippen LogP contribution in [0.1, 0.15) is 48.8 Å². The zero-order valence-electron chi connectivity index (χ0n) is 18.0. The second-order valence-electron chi connectivity index (χ2n) is 7.92. The number of hydrogen-bond acceptors (Lipinski definition) is 6. The molecule has 9 heteroatoms. The lowest BCUT2D eigenvalue weighted by molar-refractivity contribution is 0.0987. The molecule has 1 aromatic carbocycles. The molecule has 162 valence electrons. The summed E-state index contributed by atoms with van der Waals surface area (Å²) < 4.78 is 0. The molecule has 4 N–H and O–H groups in total. The Morgan fingerprint density at radius 3 is 2.53 bits per heavy atom. The van der Waals surface area contributed by atoms with E-state index in [1.54, 1.807) is 6.92 Å². The van der Waals surface area contributed by atoms with Crippen LogP contribution in [0.3, 0.4) is 0 Å². The van der Waals surface area contributed by atoms with Crippen LogP contribution in [0.2, 0.25) is 0 Å². The molecule has 0 spiro atoms. The molecule has 0 bridgehead atoms. The molecule has 0 fully saturated rings. The lowest BCUT2D eigenvalue weighted by atomic mass is 10.0. The SMILES string of the molecule is CSc1nc(C)c(C(N)=O)c(Nc2cccc(CCCN(C(=O)O)C(C)(C)C)c2)n1. The Kier molecular flexibility index (Phi) is 7.66. The third-order valence-electron chi connectivity index (χ3n) is 4.58. The molecule has 0 atom stereocenters. The number of nitrogens with zero attached hydrogens (tertiary/aromatic N) is 3. The number of nitrogens with one attached hydrogen (secondary N) is 1. The number of carbonyl (C=O) groups excluding carboxylic acids is 1. The number of aromatic nitrogens is 2. The minimum absolute atomic E-state index is 0.264. The summed E-state index contributed by atoms with van der Waals surface area (Å²) in [6.07, 6.45) is 2.36. The van der Waals surface area contributed by atoms with Gasteiger partial charge in [-0.25, -0.2) is 14.8 Å². The first kappa shape index (κ1) is 23.5. The van der Waals surface area contributed by atoms with Crippen molar-refractivity contribution in [1.29, 1.82) is 0 Å². The lowest BCUT2D eigenvalue weighted by Gasteiger charge is -2.33. The monoisotopic (exact) mass is 431 g/mol. The number of thioether (sulfide) groups is 1. The molecule has 2 amide bonds. The number of hydrogen-bond donors (Lipinski definition) is 3. The first-order valence-corrected chi connectivity index (χ1v) is 10.8. The molecule has 1 heterocycles. The van der Waals surface area contributed by atoms with Gasteiger partial charge in [0.15, 0.2) is 5.16 Å². The number of rotatable bonds is 8. The van der Waals surface area contributed by atoms with Gasteiger partial charge in [-0.1, -0.05) is 23.9 Å². The van der Waals surface area contributed by atoms with Gasteiger partial charge in [0.2, 0.25) is 0 Å². The van der Waals surface area contributed by atoms with Crippen molar-refractivity contribution in [3.05, 3.63) is 41.1 Å². The maximum atomic E-state index is 11.9. The molecule has 0 saturated carbocycles. The number of anilines is 2. The van der Waals surface area contributed by atoms with Crippen LogP contribution in [0, 0.1) is 6.92 Å². The second kappa shape index (κ2) is 9.80. The second-order valence-corrected chi connectivity index (χ2v) is 8.69. The summed E-state index contributed by atoms with van der Waals surface area (Å²) in [5, 5.41) is 13.1. The molecular formula is C21H29N5O3S. The zero-order valence-corrected chi connectivity index (χ0v) is 18.8. The molecule has 1 aromatic heterocycles. The lowest BCUT2D eigenvalue weighted by Crippen LogP contribution is -2.45. The number of nitrogens with two attached hydrogens (primary N) is 1. The van der Waals surface area contributed by atoms with E-state index in [2.05, 4.69) is 15.3 Å². The van der Waals surface area contributed by atoms with Crippen LogP contribution in [-0.2, 0) is 6.42 Å². The molecule has 0 radical (unpaired) electrons. The summed E-state index contributed by atoms with van der Waals surface area (Å²) >= 11 is 1.38. The molecule has 8 nitrogen and oxygen atoms in total. The Morgan fingerprint density at radius 2 is 1.97 bits per heavy atom. The average molecular weight is 432 g/mol. The van der Waals surface area contributed by atoms with Crippen molar-refractivity contribution in [3.8, 4) is 0 Å². The summed E-state index contributed by atoms with van der Waals surface area (Å²) in [6.45, 7) is 7.83. The van der Waals surface area contributed by atoms with Gasteiger partial charge in [-0.05, 0) is 64.5 Å². The molecule has 0 aliphatic carbocycles. The maximum Gasteiger partial charge on any atom is 0.407 e. The van der Waals surface area contributed by atoms with Gasteiger partial charge in [0, 0.05) is 17.8 Å².